The average molecular weight is 277 g/mol. The van der Waals surface area contributed by atoms with Gasteiger partial charge in [-0.1, -0.05) is 6.07 Å². The number of anilines is 1. The van der Waals surface area contributed by atoms with Crippen LogP contribution in [0.4, 0.5) is 5.69 Å². The minimum absolute atomic E-state index is 0.101. The van der Waals surface area contributed by atoms with Gasteiger partial charge < -0.3 is 9.47 Å². The Balaban J connectivity index is 2.40. The van der Waals surface area contributed by atoms with Crippen LogP contribution in [-0.4, -0.2) is 30.6 Å². The molecule has 1 aromatic rings. The maximum absolute atomic E-state index is 12.5. The maximum Gasteiger partial charge on any atom is 0.326 e. The molecule has 0 spiro atoms. The van der Waals surface area contributed by atoms with Crippen LogP contribution in [0.15, 0.2) is 18.2 Å². The molecule has 0 N–H and O–H groups in total. The Labute approximate surface area is 118 Å². The summed E-state index contributed by atoms with van der Waals surface area (Å²) in [6, 6.07) is 5.56. The Morgan fingerprint density at radius 1 is 1.40 bits per heavy atom. The summed E-state index contributed by atoms with van der Waals surface area (Å²) in [6.07, 6.45) is 0. The highest BCUT2D eigenvalue weighted by atomic mass is 16.5. The number of hydrogen-bond acceptors (Lipinski definition) is 4. The highest BCUT2D eigenvalue weighted by molar-refractivity contribution is 6.05. The lowest BCUT2D eigenvalue weighted by molar-refractivity contribution is -0.144. The lowest BCUT2D eigenvalue weighted by Gasteiger charge is -2.38. The number of benzene rings is 1. The first-order chi connectivity index (χ1) is 9.35. The van der Waals surface area contributed by atoms with Crippen LogP contribution >= 0.6 is 0 Å². The Hall–Kier alpha value is -2.04. The number of fused-ring (bicyclic) bond motifs is 1. The number of rotatable bonds is 3. The predicted octanol–water partition coefficient (Wildman–Crippen LogP) is 2.06. The molecule has 0 aliphatic carbocycles. The summed E-state index contributed by atoms with van der Waals surface area (Å²) in [6.45, 7) is 7.23. The lowest BCUT2D eigenvalue weighted by atomic mass is 10.0. The molecule has 20 heavy (non-hydrogen) atoms. The van der Waals surface area contributed by atoms with Gasteiger partial charge in [-0.25, -0.2) is 0 Å². The Kier molecular flexibility index (Phi) is 3.70. The van der Waals surface area contributed by atoms with Crippen LogP contribution in [0.25, 0.3) is 0 Å². The fraction of sp³-hybridized carbons (Fsp3) is 0.467. The van der Waals surface area contributed by atoms with Gasteiger partial charge in [0.2, 0.25) is 0 Å². The van der Waals surface area contributed by atoms with Crippen molar-refractivity contribution in [3.8, 4) is 5.75 Å². The Morgan fingerprint density at radius 3 is 2.75 bits per heavy atom. The SMILES string of the molecule is CCOC(=O)CN1C(=O)C(C)(C)Oc2ccc(C)cc21. The molecule has 0 saturated carbocycles. The van der Waals surface area contributed by atoms with Crippen LogP contribution in [0, 0.1) is 6.92 Å². The standard InChI is InChI=1S/C15H19NO4/c1-5-19-13(17)9-16-11-8-10(2)6-7-12(11)20-15(3,4)14(16)18/h6-8H,5,9H2,1-4H3. The van der Waals surface area contributed by atoms with Gasteiger partial charge in [-0.3, -0.25) is 14.5 Å². The number of ether oxygens (including phenoxy) is 2. The average Bonchev–Trinajstić information content (AvgIpc) is 2.36. The van der Waals surface area contributed by atoms with Crippen molar-refractivity contribution >= 4 is 17.6 Å². The summed E-state index contributed by atoms with van der Waals surface area (Å²) in [5.74, 6) is -0.0702. The molecular weight excluding hydrogens is 258 g/mol. The topological polar surface area (TPSA) is 55.8 Å². The van der Waals surface area contributed by atoms with E-state index in [2.05, 4.69) is 0 Å². The van der Waals surface area contributed by atoms with E-state index < -0.39 is 11.6 Å². The molecule has 1 aliphatic rings. The van der Waals surface area contributed by atoms with Crippen molar-refractivity contribution < 1.29 is 19.1 Å². The van der Waals surface area contributed by atoms with Crippen LogP contribution < -0.4 is 9.64 Å². The molecule has 0 fully saturated rings. The molecule has 0 atom stereocenters. The molecule has 5 nitrogen and oxygen atoms in total. The van der Waals surface area contributed by atoms with Gasteiger partial charge >= 0.3 is 5.97 Å². The van der Waals surface area contributed by atoms with Crippen molar-refractivity contribution in [1.82, 2.24) is 0 Å². The molecule has 1 amide bonds. The number of carbonyl (C=O) groups is 2. The summed E-state index contributed by atoms with van der Waals surface area (Å²) in [4.78, 5) is 25.6. The van der Waals surface area contributed by atoms with Gasteiger partial charge in [0.25, 0.3) is 5.91 Å². The van der Waals surface area contributed by atoms with Gasteiger partial charge in [-0.2, -0.15) is 0 Å². The zero-order valence-corrected chi connectivity index (χ0v) is 12.2. The molecule has 2 rings (SSSR count). The summed E-state index contributed by atoms with van der Waals surface area (Å²) < 4.78 is 10.6. The van der Waals surface area contributed by atoms with E-state index in [0.717, 1.165) is 5.56 Å². The van der Waals surface area contributed by atoms with E-state index in [9.17, 15) is 9.59 Å². The zero-order chi connectivity index (χ0) is 14.9. The van der Waals surface area contributed by atoms with Crippen molar-refractivity contribution in [1.29, 1.82) is 0 Å². The number of nitrogens with zero attached hydrogens (tertiary/aromatic N) is 1. The Bertz CT molecular complexity index is 551. The summed E-state index contributed by atoms with van der Waals surface area (Å²) in [7, 11) is 0. The van der Waals surface area contributed by atoms with Gasteiger partial charge in [-0.15, -0.1) is 0 Å². The molecule has 0 bridgehead atoms. The van der Waals surface area contributed by atoms with Gasteiger partial charge in [0.05, 0.1) is 12.3 Å². The fourth-order valence-corrected chi connectivity index (χ4v) is 2.17. The van der Waals surface area contributed by atoms with E-state index in [0.29, 0.717) is 18.0 Å². The minimum atomic E-state index is -0.991. The molecule has 0 aromatic heterocycles. The predicted molar refractivity (Wildman–Crippen MR) is 74.9 cm³/mol. The number of hydrogen-bond donors (Lipinski definition) is 0. The van der Waals surface area contributed by atoms with Gasteiger partial charge in [0, 0.05) is 0 Å². The van der Waals surface area contributed by atoms with Crippen LogP contribution in [0.5, 0.6) is 5.75 Å². The van der Waals surface area contributed by atoms with Crippen molar-refractivity contribution in [3.05, 3.63) is 23.8 Å². The molecule has 1 aromatic carbocycles. The molecule has 0 unspecified atom stereocenters. The third kappa shape index (κ3) is 2.61. The molecular formula is C15H19NO4. The quantitative estimate of drug-likeness (QED) is 0.794. The maximum atomic E-state index is 12.5. The number of esters is 1. The summed E-state index contributed by atoms with van der Waals surface area (Å²) in [5.41, 5.74) is 0.616. The smallest absolute Gasteiger partial charge is 0.326 e. The van der Waals surface area contributed by atoms with Gasteiger partial charge in [0.1, 0.15) is 12.3 Å². The third-order valence-electron chi connectivity index (χ3n) is 3.12. The van der Waals surface area contributed by atoms with Crippen molar-refractivity contribution in [2.24, 2.45) is 0 Å². The number of carbonyl (C=O) groups excluding carboxylic acids is 2. The zero-order valence-electron chi connectivity index (χ0n) is 12.2. The second-order valence-electron chi connectivity index (χ2n) is 5.28. The molecule has 0 radical (unpaired) electrons. The van der Waals surface area contributed by atoms with Gasteiger partial charge in [0.15, 0.2) is 5.60 Å². The molecule has 108 valence electrons. The van der Waals surface area contributed by atoms with Gasteiger partial charge in [-0.05, 0) is 45.4 Å². The minimum Gasteiger partial charge on any atom is -0.476 e. The van der Waals surface area contributed by atoms with E-state index in [4.69, 9.17) is 9.47 Å². The fourth-order valence-electron chi connectivity index (χ4n) is 2.17. The molecule has 1 aliphatic heterocycles. The normalized spacial score (nSPS) is 16.4. The second kappa shape index (κ2) is 5.15. The highest BCUT2D eigenvalue weighted by Gasteiger charge is 2.41. The Morgan fingerprint density at radius 2 is 2.10 bits per heavy atom. The van der Waals surface area contributed by atoms with Crippen LogP contribution in [0.2, 0.25) is 0 Å². The summed E-state index contributed by atoms with van der Waals surface area (Å²) in [5, 5.41) is 0. The van der Waals surface area contributed by atoms with E-state index in [1.165, 1.54) is 4.90 Å². The lowest BCUT2D eigenvalue weighted by Crippen LogP contribution is -2.54. The first-order valence-corrected chi connectivity index (χ1v) is 6.62. The monoisotopic (exact) mass is 277 g/mol. The van der Waals surface area contributed by atoms with Crippen molar-refractivity contribution in [2.45, 2.75) is 33.3 Å². The van der Waals surface area contributed by atoms with E-state index >= 15 is 0 Å². The van der Waals surface area contributed by atoms with Crippen molar-refractivity contribution in [3.63, 3.8) is 0 Å². The summed E-state index contributed by atoms with van der Waals surface area (Å²) >= 11 is 0. The van der Waals surface area contributed by atoms with Crippen LogP contribution in [0.1, 0.15) is 26.3 Å². The van der Waals surface area contributed by atoms with Crippen LogP contribution in [-0.2, 0) is 14.3 Å². The first kappa shape index (κ1) is 14.4. The highest BCUT2D eigenvalue weighted by Crippen LogP contribution is 2.38. The second-order valence-corrected chi connectivity index (χ2v) is 5.28. The number of amides is 1. The molecule has 5 heteroatoms. The van der Waals surface area contributed by atoms with E-state index in [-0.39, 0.29) is 12.5 Å². The number of aryl methyl sites for hydroxylation is 1. The molecule has 1 heterocycles. The van der Waals surface area contributed by atoms with Crippen molar-refractivity contribution in [2.75, 3.05) is 18.1 Å². The van der Waals surface area contributed by atoms with E-state index in [1.54, 1.807) is 20.8 Å². The van der Waals surface area contributed by atoms with E-state index in [1.807, 2.05) is 25.1 Å². The third-order valence-corrected chi connectivity index (χ3v) is 3.12. The molecule has 0 saturated heterocycles. The van der Waals surface area contributed by atoms with Crippen LogP contribution in [0.3, 0.4) is 0 Å². The first-order valence-electron chi connectivity index (χ1n) is 6.62. The largest absolute Gasteiger partial charge is 0.476 e.